The van der Waals surface area contributed by atoms with Gasteiger partial charge in [0.2, 0.25) is 0 Å². The van der Waals surface area contributed by atoms with E-state index in [1.807, 2.05) is 0 Å². The molecular weight excluding hydrogens is 401 g/mol. The highest BCUT2D eigenvalue weighted by Crippen LogP contribution is 2.35. The van der Waals surface area contributed by atoms with Crippen LogP contribution < -0.4 is 9.04 Å². The zero-order chi connectivity index (χ0) is 19.5. The van der Waals surface area contributed by atoms with E-state index in [-0.39, 0.29) is 26.4 Å². The van der Waals surface area contributed by atoms with Crippen LogP contribution in [0.15, 0.2) is 41.3 Å². The summed E-state index contributed by atoms with van der Waals surface area (Å²) in [6, 6.07) is 9.05. The first kappa shape index (κ1) is 20.4. The Morgan fingerprint density at radius 2 is 1.81 bits per heavy atom. The molecule has 0 saturated carbocycles. The zero-order valence-electron chi connectivity index (χ0n) is 14.3. The molecule has 6 nitrogen and oxygen atoms in total. The van der Waals surface area contributed by atoms with Crippen LogP contribution in [0.5, 0.6) is 5.75 Å². The van der Waals surface area contributed by atoms with Crippen molar-refractivity contribution in [3.05, 3.63) is 52.0 Å². The third kappa shape index (κ3) is 4.23. The summed E-state index contributed by atoms with van der Waals surface area (Å²) in [5, 5.41) is 0.179. The lowest BCUT2D eigenvalue weighted by molar-refractivity contribution is -0.138. The van der Waals surface area contributed by atoms with Gasteiger partial charge >= 0.3 is 5.97 Å². The highest BCUT2D eigenvalue weighted by atomic mass is 35.5. The van der Waals surface area contributed by atoms with Crippen LogP contribution in [0.1, 0.15) is 5.56 Å². The summed E-state index contributed by atoms with van der Waals surface area (Å²) in [7, 11) is -1.65. The van der Waals surface area contributed by atoms with Crippen LogP contribution in [-0.2, 0) is 19.6 Å². The topological polar surface area (TPSA) is 72.9 Å². The first-order valence-electron chi connectivity index (χ1n) is 7.40. The van der Waals surface area contributed by atoms with Gasteiger partial charge < -0.3 is 9.47 Å². The minimum absolute atomic E-state index is 0.0177. The highest BCUT2D eigenvalue weighted by Gasteiger charge is 2.31. The molecule has 140 valence electrons. The summed E-state index contributed by atoms with van der Waals surface area (Å²) in [6.45, 7) is 1.24. The number of aryl methyl sites for hydroxylation is 1. The van der Waals surface area contributed by atoms with Gasteiger partial charge in [-0.2, -0.15) is 0 Å². The summed E-state index contributed by atoms with van der Waals surface area (Å²) in [4.78, 5) is 11.7. The molecule has 0 aliphatic heterocycles. The quantitative estimate of drug-likeness (QED) is 0.670. The summed E-state index contributed by atoms with van der Waals surface area (Å²) < 4.78 is 37.3. The maximum Gasteiger partial charge on any atom is 0.326 e. The second-order valence-electron chi connectivity index (χ2n) is 5.34. The maximum atomic E-state index is 13.3. The van der Waals surface area contributed by atoms with E-state index >= 15 is 0 Å². The second kappa shape index (κ2) is 8.16. The van der Waals surface area contributed by atoms with Crippen LogP contribution in [0.4, 0.5) is 5.69 Å². The molecule has 0 N–H and O–H groups in total. The van der Waals surface area contributed by atoms with Crippen LogP contribution in [-0.4, -0.2) is 35.2 Å². The van der Waals surface area contributed by atoms with Crippen LogP contribution in [0, 0.1) is 6.92 Å². The van der Waals surface area contributed by atoms with Gasteiger partial charge in [-0.15, -0.1) is 0 Å². The molecule has 0 fully saturated rings. The molecule has 0 bridgehead atoms. The molecule has 2 aromatic rings. The van der Waals surface area contributed by atoms with Crippen molar-refractivity contribution in [2.45, 2.75) is 11.8 Å². The lowest BCUT2D eigenvalue weighted by Crippen LogP contribution is -2.36. The number of carbonyl (C=O) groups excluding carboxylic acids is 1. The summed E-state index contributed by atoms with van der Waals surface area (Å²) in [6.07, 6.45) is 0. The monoisotopic (exact) mass is 417 g/mol. The third-order valence-corrected chi connectivity index (χ3v) is 6.04. The Morgan fingerprint density at radius 3 is 2.42 bits per heavy atom. The zero-order valence-corrected chi connectivity index (χ0v) is 16.7. The molecule has 0 amide bonds. The predicted octanol–water partition coefficient (Wildman–Crippen LogP) is 3.68. The summed E-state index contributed by atoms with van der Waals surface area (Å²) in [5.41, 5.74) is 0.969. The van der Waals surface area contributed by atoms with Gasteiger partial charge in [-0.3, -0.25) is 9.10 Å². The van der Waals surface area contributed by atoms with Gasteiger partial charge in [0.25, 0.3) is 10.0 Å². The summed E-state index contributed by atoms with van der Waals surface area (Å²) in [5.74, 6) is -0.462. The van der Waals surface area contributed by atoms with Gasteiger partial charge in [0.1, 0.15) is 17.2 Å². The molecule has 2 aromatic carbocycles. The van der Waals surface area contributed by atoms with Crippen molar-refractivity contribution in [1.29, 1.82) is 0 Å². The van der Waals surface area contributed by atoms with Crippen LogP contribution in [0.25, 0.3) is 0 Å². The Balaban J connectivity index is 2.71. The number of esters is 1. The van der Waals surface area contributed by atoms with Gasteiger partial charge in [0.15, 0.2) is 0 Å². The van der Waals surface area contributed by atoms with Crippen molar-refractivity contribution in [3.8, 4) is 5.75 Å². The number of methoxy groups -OCH3 is 2. The van der Waals surface area contributed by atoms with E-state index in [1.54, 1.807) is 25.1 Å². The minimum Gasteiger partial charge on any atom is -0.495 e. The molecule has 0 atom stereocenters. The fourth-order valence-corrected chi connectivity index (χ4v) is 4.42. The highest BCUT2D eigenvalue weighted by molar-refractivity contribution is 7.93. The Bertz CT molecular complexity index is 931. The molecule has 9 heteroatoms. The van der Waals surface area contributed by atoms with E-state index < -0.39 is 22.5 Å². The number of anilines is 1. The maximum absolute atomic E-state index is 13.3. The van der Waals surface area contributed by atoms with E-state index in [9.17, 15) is 13.2 Å². The number of sulfonamides is 1. The number of hydrogen-bond acceptors (Lipinski definition) is 5. The van der Waals surface area contributed by atoms with E-state index in [0.717, 1.165) is 9.87 Å². The molecule has 0 aliphatic rings. The standard InChI is InChI=1S/C17H17Cl2NO5S/c1-11-4-7-15(24-2)14(8-11)20(10-17(21)25-3)26(22,23)16-9-12(18)5-6-13(16)19/h4-9H,10H2,1-3H3. The largest absolute Gasteiger partial charge is 0.495 e. The van der Waals surface area contributed by atoms with Crippen molar-refractivity contribution in [2.24, 2.45) is 0 Å². The average molecular weight is 418 g/mol. The molecule has 0 radical (unpaired) electrons. The Morgan fingerprint density at radius 1 is 1.12 bits per heavy atom. The van der Waals surface area contributed by atoms with E-state index in [1.165, 1.54) is 32.4 Å². The number of benzene rings is 2. The molecule has 0 aromatic heterocycles. The predicted molar refractivity (Wildman–Crippen MR) is 101 cm³/mol. The minimum atomic E-state index is -4.23. The molecule has 2 rings (SSSR count). The Hall–Kier alpha value is -1.96. The second-order valence-corrected chi connectivity index (χ2v) is 8.01. The van der Waals surface area contributed by atoms with Gasteiger partial charge in [0.05, 0.1) is 24.9 Å². The lowest BCUT2D eigenvalue weighted by atomic mass is 10.2. The number of halogens is 2. The van der Waals surface area contributed by atoms with Crippen molar-refractivity contribution < 1.29 is 22.7 Å². The SMILES string of the molecule is COC(=O)CN(c1cc(C)ccc1OC)S(=O)(=O)c1cc(Cl)ccc1Cl. The number of ether oxygens (including phenoxy) is 2. The van der Waals surface area contributed by atoms with Gasteiger partial charge in [-0.05, 0) is 42.8 Å². The molecule has 26 heavy (non-hydrogen) atoms. The third-order valence-electron chi connectivity index (χ3n) is 3.56. The van der Waals surface area contributed by atoms with Gasteiger partial charge in [0, 0.05) is 5.02 Å². The number of hydrogen-bond donors (Lipinski definition) is 0. The molecule has 0 spiro atoms. The number of nitrogens with zero attached hydrogens (tertiary/aromatic N) is 1. The molecule has 0 unspecified atom stereocenters. The van der Waals surface area contributed by atoms with Gasteiger partial charge in [-0.25, -0.2) is 8.42 Å². The van der Waals surface area contributed by atoms with Gasteiger partial charge in [-0.1, -0.05) is 29.3 Å². The molecular formula is C17H17Cl2NO5S. The Kier molecular flexibility index (Phi) is 6.39. The van der Waals surface area contributed by atoms with Crippen molar-refractivity contribution in [3.63, 3.8) is 0 Å². The first-order valence-corrected chi connectivity index (χ1v) is 9.59. The Labute approximate surface area is 162 Å². The van der Waals surface area contributed by atoms with Crippen molar-refractivity contribution in [2.75, 3.05) is 25.1 Å². The van der Waals surface area contributed by atoms with Crippen LogP contribution in [0.3, 0.4) is 0 Å². The van der Waals surface area contributed by atoms with E-state index in [2.05, 4.69) is 4.74 Å². The van der Waals surface area contributed by atoms with Crippen LogP contribution in [0.2, 0.25) is 10.0 Å². The van der Waals surface area contributed by atoms with Crippen molar-refractivity contribution >= 4 is 44.9 Å². The fraction of sp³-hybridized carbons (Fsp3) is 0.235. The first-order chi connectivity index (χ1) is 12.2. The van der Waals surface area contributed by atoms with Crippen molar-refractivity contribution in [1.82, 2.24) is 0 Å². The molecule has 0 aliphatic carbocycles. The smallest absolute Gasteiger partial charge is 0.326 e. The van der Waals surface area contributed by atoms with Crippen LogP contribution >= 0.6 is 23.2 Å². The normalized spacial score (nSPS) is 11.1. The fourth-order valence-electron chi connectivity index (χ4n) is 2.27. The molecule has 0 heterocycles. The number of rotatable bonds is 6. The van der Waals surface area contributed by atoms with E-state index in [4.69, 9.17) is 27.9 Å². The summed E-state index contributed by atoms with van der Waals surface area (Å²) >= 11 is 12.0. The number of carbonyl (C=O) groups is 1. The van der Waals surface area contributed by atoms with E-state index in [0.29, 0.717) is 0 Å². The molecule has 0 saturated heterocycles. The average Bonchev–Trinajstić information content (AvgIpc) is 2.61. The lowest BCUT2D eigenvalue weighted by Gasteiger charge is -2.25.